The summed E-state index contributed by atoms with van der Waals surface area (Å²) < 4.78 is 26.8. The van der Waals surface area contributed by atoms with Gasteiger partial charge in [-0.05, 0) is 49.2 Å². The number of rotatable bonds is 3. The van der Waals surface area contributed by atoms with Gasteiger partial charge in [-0.1, -0.05) is 18.2 Å². The van der Waals surface area contributed by atoms with E-state index in [1.54, 1.807) is 24.3 Å². The molecule has 0 bridgehead atoms. The van der Waals surface area contributed by atoms with Crippen molar-refractivity contribution in [3.63, 3.8) is 0 Å². The van der Waals surface area contributed by atoms with Crippen molar-refractivity contribution in [3.05, 3.63) is 53.6 Å². The summed E-state index contributed by atoms with van der Waals surface area (Å²) in [7, 11) is -3.78. The van der Waals surface area contributed by atoms with Gasteiger partial charge in [0.25, 0.3) is 10.0 Å². The maximum absolute atomic E-state index is 12.2. The van der Waals surface area contributed by atoms with Gasteiger partial charge >= 0.3 is 0 Å². The Hall–Kier alpha value is -2.01. The summed E-state index contributed by atoms with van der Waals surface area (Å²) in [6.07, 6.45) is 0. The zero-order chi connectivity index (χ0) is 14.0. The molecule has 0 fully saturated rings. The molecule has 0 amide bonds. The van der Waals surface area contributed by atoms with Crippen molar-refractivity contribution in [3.8, 4) is 5.75 Å². The molecule has 0 saturated carbocycles. The fourth-order valence-corrected chi connectivity index (χ4v) is 3.07. The minimum absolute atomic E-state index is 0.130. The van der Waals surface area contributed by atoms with E-state index in [0.29, 0.717) is 5.69 Å². The van der Waals surface area contributed by atoms with Gasteiger partial charge in [0.15, 0.2) is 0 Å². The van der Waals surface area contributed by atoms with Crippen LogP contribution in [0.3, 0.4) is 0 Å². The Morgan fingerprint density at radius 2 is 1.58 bits per heavy atom. The SMILES string of the molecule is Cc1cc(C)cc(NS(=O)(=O)c2ccccc2O)c1. The molecule has 2 aromatic rings. The van der Waals surface area contributed by atoms with Crippen molar-refractivity contribution in [2.24, 2.45) is 0 Å². The lowest BCUT2D eigenvalue weighted by atomic mass is 10.1. The normalized spacial score (nSPS) is 11.3. The van der Waals surface area contributed by atoms with Crippen LogP contribution in [0, 0.1) is 13.8 Å². The lowest BCUT2D eigenvalue weighted by Gasteiger charge is -2.10. The number of anilines is 1. The van der Waals surface area contributed by atoms with Gasteiger partial charge in [-0.25, -0.2) is 8.42 Å². The lowest BCUT2D eigenvalue weighted by molar-refractivity contribution is 0.459. The van der Waals surface area contributed by atoms with Crippen LogP contribution in [0.1, 0.15) is 11.1 Å². The van der Waals surface area contributed by atoms with Crippen molar-refractivity contribution < 1.29 is 13.5 Å². The minimum atomic E-state index is -3.78. The molecule has 0 spiro atoms. The van der Waals surface area contributed by atoms with Gasteiger partial charge in [-0.3, -0.25) is 4.72 Å². The molecule has 0 unspecified atom stereocenters. The Balaban J connectivity index is 2.39. The molecule has 2 rings (SSSR count). The van der Waals surface area contributed by atoms with Crippen LogP contribution in [-0.2, 0) is 10.0 Å². The van der Waals surface area contributed by atoms with Crippen molar-refractivity contribution in [2.75, 3.05) is 4.72 Å². The molecule has 0 aromatic heterocycles. The average molecular weight is 277 g/mol. The number of nitrogens with one attached hydrogen (secondary N) is 1. The third-order valence-electron chi connectivity index (χ3n) is 2.63. The maximum atomic E-state index is 12.2. The van der Waals surface area contributed by atoms with E-state index >= 15 is 0 Å². The number of para-hydroxylation sites is 1. The van der Waals surface area contributed by atoms with E-state index in [1.165, 1.54) is 12.1 Å². The van der Waals surface area contributed by atoms with Gasteiger partial charge in [0.05, 0.1) is 0 Å². The van der Waals surface area contributed by atoms with Crippen molar-refractivity contribution in [1.29, 1.82) is 0 Å². The summed E-state index contributed by atoms with van der Waals surface area (Å²) in [6.45, 7) is 3.79. The predicted molar refractivity (Wildman–Crippen MR) is 74.8 cm³/mol. The number of aryl methyl sites for hydroxylation is 2. The van der Waals surface area contributed by atoms with Crippen LogP contribution in [0.25, 0.3) is 0 Å². The first-order chi connectivity index (χ1) is 8.88. The number of aromatic hydroxyl groups is 1. The highest BCUT2D eigenvalue weighted by Gasteiger charge is 2.18. The van der Waals surface area contributed by atoms with Crippen LogP contribution in [0.15, 0.2) is 47.4 Å². The van der Waals surface area contributed by atoms with Crippen LogP contribution in [0.4, 0.5) is 5.69 Å². The van der Waals surface area contributed by atoms with Gasteiger partial charge in [0.1, 0.15) is 10.6 Å². The number of sulfonamides is 1. The highest BCUT2D eigenvalue weighted by molar-refractivity contribution is 7.92. The molecular weight excluding hydrogens is 262 g/mol. The first kappa shape index (κ1) is 13.4. The standard InChI is InChI=1S/C14H15NO3S/c1-10-7-11(2)9-12(8-10)15-19(17,18)14-6-4-3-5-13(14)16/h3-9,15-16H,1-2H3. The smallest absolute Gasteiger partial charge is 0.265 e. The minimum Gasteiger partial charge on any atom is -0.507 e. The summed E-state index contributed by atoms with van der Waals surface area (Å²) in [5, 5.41) is 9.61. The third-order valence-corrected chi connectivity index (χ3v) is 4.06. The number of phenolic OH excluding ortho intramolecular Hbond substituents is 1. The molecule has 0 aliphatic carbocycles. The molecule has 2 aromatic carbocycles. The van der Waals surface area contributed by atoms with Gasteiger partial charge in [0, 0.05) is 5.69 Å². The van der Waals surface area contributed by atoms with Crippen molar-refractivity contribution >= 4 is 15.7 Å². The van der Waals surface area contributed by atoms with E-state index < -0.39 is 10.0 Å². The summed E-state index contributed by atoms with van der Waals surface area (Å²) in [4.78, 5) is -0.130. The van der Waals surface area contributed by atoms with Gasteiger partial charge in [-0.2, -0.15) is 0 Å². The zero-order valence-corrected chi connectivity index (χ0v) is 11.5. The van der Waals surface area contributed by atoms with Crippen molar-refractivity contribution in [1.82, 2.24) is 0 Å². The fourth-order valence-electron chi connectivity index (χ4n) is 1.93. The Kier molecular flexibility index (Phi) is 3.48. The molecule has 4 nitrogen and oxygen atoms in total. The second-order valence-corrected chi connectivity index (χ2v) is 6.10. The lowest BCUT2D eigenvalue weighted by Crippen LogP contribution is -2.13. The molecular formula is C14H15NO3S. The largest absolute Gasteiger partial charge is 0.507 e. The highest BCUT2D eigenvalue weighted by Crippen LogP contribution is 2.24. The van der Waals surface area contributed by atoms with Gasteiger partial charge < -0.3 is 5.11 Å². The Bertz CT molecular complexity index is 688. The summed E-state index contributed by atoms with van der Waals surface area (Å²) >= 11 is 0. The number of hydrogen-bond donors (Lipinski definition) is 2. The van der Waals surface area contributed by atoms with Crippen LogP contribution in [0.2, 0.25) is 0 Å². The Morgan fingerprint density at radius 3 is 2.16 bits per heavy atom. The topological polar surface area (TPSA) is 66.4 Å². The summed E-state index contributed by atoms with van der Waals surface area (Å²) in [5.74, 6) is -0.264. The first-order valence-electron chi connectivity index (χ1n) is 5.77. The molecule has 0 aliphatic rings. The van der Waals surface area contributed by atoms with Crippen molar-refractivity contribution in [2.45, 2.75) is 18.7 Å². The molecule has 5 heteroatoms. The summed E-state index contributed by atoms with van der Waals surface area (Å²) in [6, 6.07) is 11.3. The number of hydrogen-bond acceptors (Lipinski definition) is 3. The molecule has 2 N–H and O–H groups in total. The van der Waals surface area contributed by atoms with Gasteiger partial charge in [0.2, 0.25) is 0 Å². The molecule has 0 heterocycles. The van der Waals surface area contributed by atoms with Gasteiger partial charge in [-0.15, -0.1) is 0 Å². The highest BCUT2D eigenvalue weighted by atomic mass is 32.2. The fraction of sp³-hybridized carbons (Fsp3) is 0.143. The molecule has 0 saturated heterocycles. The van der Waals surface area contributed by atoms with E-state index in [-0.39, 0.29) is 10.6 Å². The molecule has 100 valence electrons. The zero-order valence-electron chi connectivity index (χ0n) is 10.7. The second kappa shape index (κ2) is 4.93. The molecule has 0 radical (unpaired) electrons. The van der Waals surface area contributed by atoms with E-state index in [4.69, 9.17) is 0 Å². The maximum Gasteiger partial charge on any atom is 0.265 e. The van der Waals surface area contributed by atoms with E-state index in [1.807, 2.05) is 19.9 Å². The monoisotopic (exact) mass is 277 g/mol. The Labute approximate surface area is 112 Å². The summed E-state index contributed by atoms with van der Waals surface area (Å²) in [5.41, 5.74) is 2.42. The second-order valence-electron chi connectivity index (χ2n) is 4.45. The first-order valence-corrected chi connectivity index (χ1v) is 7.26. The molecule has 19 heavy (non-hydrogen) atoms. The van der Waals surface area contributed by atoms with E-state index in [9.17, 15) is 13.5 Å². The Morgan fingerprint density at radius 1 is 1.00 bits per heavy atom. The van der Waals surface area contributed by atoms with Crippen LogP contribution in [-0.4, -0.2) is 13.5 Å². The van der Waals surface area contributed by atoms with Crippen LogP contribution >= 0.6 is 0 Å². The van der Waals surface area contributed by atoms with E-state index in [2.05, 4.69) is 4.72 Å². The molecule has 0 aliphatic heterocycles. The van der Waals surface area contributed by atoms with Crippen LogP contribution in [0.5, 0.6) is 5.75 Å². The number of benzene rings is 2. The number of phenols is 1. The average Bonchev–Trinajstić information content (AvgIpc) is 2.26. The predicted octanol–water partition coefficient (Wildman–Crippen LogP) is 2.81. The van der Waals surface area contributed by atoms with E-state index in [0.717, 1.165) is 11.1 Å². The third kappa shape index (κ3) is 3.06. The quantitative estimate of drug-likeness (QED) is 0.906. The molecule has 0 atom stereocenters. The van der Waals surface area contributed by atoms with Crippen LogP contribution < -0.4 is 4.72 Å².